The molecule has 0 saturated heterocycles. The van der Waals surface area contributed by atoms with E-state index in [0.717, 1.165) is 39.7 Å². The van der Waals surface area contributed by atoms with Crippen molar-refractivity contribution in [2.75, 3.05) is 24.8 Å². The zero-order chi connectivity index (χ0) is 18.4. The van der Waals surface area contributed by atoms with Crippen LogP contribution in [0.25, 0.3) is 0 Å². The van der Waals surface area contributed by atoms with Gasteiger partial charge in [0.25, 0.3) is 0 Å². The molecule has 0 saturated carbocycles. The van der Waals surface area contributed by atoms with Gasteiger partial charge in [-0.15, -0.1) is 0 Å². The largest absolute Gasteiger partial charge is 0.495 e. The predicted octanol–water partition coefficient (Wildman–Crippen LogP) is 4.21. The van der Waals surface area contributed by atoms with E-state index < -0.39 is 0 Å². The fourth-order valence-corrected chi connectivity index (χ4v) is 3.38. The second-order valence-corrected chi connectivity index (χ2v) is 6.54. The molecular weight excluding hydrogens is 350 g/mol. The standard InChI is InChI=1S/C19H18ClN5O/c1-10-17-19(24-23-10)25(2)15-9-16(26-3)14(21)8-12(15)18(22-17)11-6-4-5-7-13(11)20/h4-9H,21H2,1-3H3,(H,23,24). The molecule has 3 N–H and O–H groups in total. The number of fused-ring (bicyclic) bond motifs is 2. The van der Waals surface area contributed by atoms with E-state index in [0.29, 0.717) is 16.5 Å². The van der Waals surface area contributed by atoms with Gasteiger partial charge in [-0.05, 0) is 19.1 Å². The minimum Gasteiger partial charge on any atom is -0.495 e. The maximum Gasteiger partial charge on any atom is 0.180 e. The molecule has 1 aliphatic rings. The van der Waals surface area contributed by atoms with Crippen LogP contribution >= 0.6 is 11.6 Å². The van der Waals surface area contributed by atoms with E-state index >= 15 is 0 Å². The fraction of sp³-hybridized carbons (Fsp3) is 0.158. The number of hydrogen-bond acceptors (Lipinski definition) is 5. The Bertz CT molecular complexity index is 1040. The smallest absolute Gasteiger partial charge is 0.180 e. The van der Waals surface area contributed by atoms with Crippen molar-refractivity contribution in [1.29, 1.82) is 0 Å². The molecule has 0 unspecified atom stereocenters. The second kappa shape index (κ2) is 6.07. The summed E-state index contributed by atoms with van der Waals surface area (Å²) in [4.78, 5) is 6.89. The number of aromatic nitrogens is 2. The number of nitrogen functional groups attached to an aromatic ring is 1. The molecule has 1 aliphatic heterocycles. The van der Waals surface area contributed by atoms with E-state index in [1.807, 2.05) is 55.3 Å². The Balaban J connectivity index is 2.08. The highest BCUT2D eigenvalue weighted by Gasteiger charge is 2.27. The summed E-state index contributed by atoms with van der Waals surface area (Å²) in [5, 5.41) is 8.04. The molecule has 0 atom stereocenters. The van der Waals surface area contributed by atoms with Crippen molar-refractivity contribution < 1.29 is 4.74 Å². The molecule has 2 aromatic carbocycles. The molecule has 26 heavy (non-hydrogen) atoms. The molecule has 3 aromatic rings. The third kappa shape index (κ3) is 2.42. The minimum absolute atomic E-state index is 0.539. The van der Waals surface area contributed by atoms with Crippen LogP contribution in [0.15, 0.2) is 41.4 Å². The number of nitrogens with zero attached hydrogens (tertiary/aromatic N) is 3. The summed E-state index contributed by atoms with van der Waals surface area (Å²) in [5.74, 6) is 1.34. The summed E-state index contributed by atoms with van der Waals surface area (Å²) in [6.07, 6.45) is 0. The summed E-state index contributed by atoms with van der Waals surface area (Å²) < 4.78 is 5.41. The van der Waals surface area contributed by atoms with Crippen molar-refractivity contribution in [1.82, 2.24) is 10.2 Å². The molecule has 132 valence electrons. The molecule has 0 spiro atoms. The van der Waals surface area contributed by atoms with Crippen LogP contribution in [0.4, 0.5) is 22.9 Å². The number of H-pyrrole nitrogens is 1. The Hall–Kier alpha value is -2.99. The zero-order valence-electron chi connectivity index (χ0n) is 14.7. The number of hydrogen-bond donors (Lipinski definition) is 2. The molecule has 7 heteroatoms. The first-order valence-corrected chi connectivity index (χ1v) is 8.49. The maximum absolute atomic E-state index is 6.48. The monoisotopic (exact) mass is 367 g/mol. The van der Waals surface area contributed by atoms with Crippen LogP contribution < -0.4 is 15.4 Å². The van der Waals surface area contributed by atoms with Gasteiger partial charge in [0.15, 0.2) is 5.82 Å². The van der Waals surface area contributed by atoms with E-state index in [-0.39, 0.29) is 0 Å². The van der Waals surface area contributed by atoms with Gasteiger partial charge in [-0.1, -0.05) is 29.8 Å². The SMILES string of the molecule is COc1cc2c(cc1N)C(c1ccccc1Cl)=Nc1c(n[nH]c1C)N2C. The lowest BCUT2D eigenvalue weighted by Crippen LogP contribution is -2.14. The molecule has 2 heterocycles. The number of ether oxygens (including phenoxy) is 1. The van der Waals surface area contributed by atoms with Gasteiger partial charge >= 0.3 is 0 Å². The van der Waals surface area contributed by atoms with E-state index in [9.17, 15) is 0 Å². The van der Waals surface area contributed by atoms with Gasteiger partial charge in [0.1, 0.15) is 11.4 Å². The summed E-state index contributed by atoms with van der Waals surface area (Å²) in [6, 6.07) is 11.4. The van der Waals surface area contributed by atoms with Gasteiger partial charge in [0, 0.05) is 29.3 Å². The Morgan fingerprint density at radius 2 is 1.96 bits per heavy atom. The second-order valence-electron chi connectivity index (χ2n) is 6.13. The fourth-order valence-electron chi connectivity index (χ4n) is 3.15. The van der Waals surface area contributed by atoms with Crippen molar-refractivity contribution in [3.63, 3.8) is 0 Å². The van der Waals surface area contributed by atoms with Gasteiger partial charge < -0.3 is 15.4 Å². The van der Waals surface area contributed by atoms with Gasteiger partial charge in [-0.2, -0.15) is 5.10 Å². The van der Waals surface area contributed by atoms with Gasteiger partial charge in [0.05, 0.1) is 29.9 Å². The molecule has 4 rings (SSSR count). The van der Waals surface area contributed by atoms with E-state index in [2.05, 4.69) is 10.2 Å². The highest BCUT2D eigenvalue weighted by molar-refractivity contribution is 6.36. The van der Waals surface area contributed by atoms with Crippen molar-refractivity contribution >= 4 is 40.2 Å². The van der Waals surface area contributed by atoms with E-state index in [1.165, 1.54) is 0 Å². The third-order valence-corrected chi connectivity index (χ3v) is 4.86. The van der Waals surface area contributed by atoms with Gasteiger partial charge in [-0.3, -0.25) is 5.10 Å². The van der Waals surface area contributed by atoms with Crippen LogP contribution in [0.5, 0.6) is 5.75 Å². The zero-order valence-corrected chi connectivity index (χ0v) is 15.4. The molecular formula is C19H18ClN5O. The highest BCUT2D eigenvalue weighted by atomic mass is 35.5. The summed E-state index contributed by atoms with van der Waals surface area (Å²) in [7, 11) is 3.54. The molecule has 1 aromatic heterocycles. The minimum atomic E-state index is 0.539. The number of nitrogens with one attached hydrogen (secondary N) is 1. The summed E-state index contributed by atoms with van der Waals surface area (Å²) in [5.41, 5.74) is 11.7. The lowest BCUT2D eigenvalue weighted by molar-refractivity contribution is 0.417. The molecule has 0 bridgehead atoms. The van der Waals surface area contributed by atoms with Crippen LogP contribution in [0.2, 0.25) is 5.02 Å². The van der Waals surface area contributed by atoms with Crippen LogP contribution in [0.3, 0.4) is 0 Å². The molecule has 0 radical (unpaired) electrons. The molecule has 0 amide bonds. The number of methoxy groups -OCH3 is 1. The lowest BCUT2D eigenvalue weighted by atomic mass is 9.99. The van der Waals surface area contributed by atoms with Crippen LogP contribution in [0.1, 0.15) is 16.8 Å². The maximum atomic E-state index is 6.48. The van der Waals surface area contributed by atoms with E-state index in [1.54, 1.807) is 7.11 Å². The molecule has 0 aliphatic carbocycles. The van der Waals surface area contributed by atoms with Crippen molar-refractivity contribution in [2.24, 2.45) is 4.99 Å². The predicted molar refractivity (Wildman–Crippen MR) is 106 cm³/mol. The van der Waals surface area contributed by atoms with E-state index in [4.69, 9.17) is 27.1 Å². The van der Waals surface area contributed by atoms with Crippen molar-refractivity contribution in [3.8, 4) is 5.75 Å². The Kier molecular flexibility index (Phi) is 3.85. The number of halogens is 1. The molecule has 6 nitrogen and oxygen atoms in total. The highest BCUT2D eigenvalue weighted by Crippen LogP contribution is 2.43. The van der Waals surface area contributed by atoms with Crippen molar-refractivity contribution in [2.45, 2.75) is 6.92 Å². The summed E-state index contributed by atoms with van der Waals surface area (Å²) in [6.45, 7) is 1.94. The number of aliphatic imine (C=N–C) groups is 1. The third-order valence-electron chi connectivity index (χ3n) is 4.53. The van der Waals surface area contributed by atoms with Gasteiger partial charge in [0.2, 0.25) is 0 Å². The van der Waals surface area contributed by atoms with Crippen molar-refractivity contribution in [3.05, 3.63) is 58.2 Å². The topological polar surface area (TPSA) is 79.5 Å². The first kappa shape index (κ1) is 16.5. The Morgan fingerprint density at radius 1 is 1.19 bits per heavy atom. The average molecular weight is 368 g/mol. The number of anilines is 3. The summed E-state index contributed by atoms with van der Waals surface area (Å²) >= 11 is 6.48. The average Bonchev–Trinajstić information content (AvgIpc) is 2.94. The molecule has 0 fully saturated rings. The number of aromatic amines is 1. The van der Waals surface area contributed by atoms with Gasteiger partial charge in [-0.25, -0.2) is 4.99 Å². The normalized spacial score (nSPS) is 12.9. The number of aryl methyl sites for hydroxylation is 1. The van der Waals surface area contributed by atoms with Crippen LogP contribution in [0, 0.1) is 6.92 Å². The number of benzene rings is 2. The number of nitrogens with two attached hydrogens (primary N) is 1. The lowest BCUT2D eigenvalue weighted by Gasteiger charge is -2.21. The number of rotatable bonds is 2. The van der Waals surface area contributed by atoms with Crippen LogP contribution in [-0.2, 0) is 0 Å². The first-order chi connectivity index (χ1) is 12.5. The Morgan fingerprint density at radius 3 is 2.69 bits per heavy atom. The van der Waals surface area contributed by atoms with Crippen LogP contribution in [-0.4, -0.2) is 30.1 Å². The first-order valence-electron chi connectivity index (χ1n) is 8.11. The quantitative estimate of drug-likeness (QED) is 0.665. The Labute approximate surface area is 156 Å².